The van der Waals surface area contributed by atoms with Crippen molar-refractivity contribution in [2.45, 2.75) is 25.2 Å². The number of rotatable bonds is 5. The fraction of sp³-hybridized carbons (Fsp3) is 0.500. The van der Waals surface area contributed by atoms with Gasteiger partial charge in [0.1, 0.15) is 5.82 Å². The van der Waals surface area contributed by atoms with E-state index < -0.39 is 21.4 Å². The van der Waals surface area contributed by atoms with Crippen LogP contribution in [0.25, 0.3) is 0 Å². The summed E-state index contributed by atoms with van der Waals surface area (Å²) in [6.07, 6.45) is 0. The minimum Gasteiger partial charge on any atom is -0.389 e. The summed E-state index contributed by atoms with van der Waals surface area (Å²) in [4.78, 5) is 0. The quantitative estimate of drug-likeness (QED) is 0.882. The molecule has 0 amide bonds. The molecule has 18 heavy (non-hydrogen) atoms. The molecule has 0 saturated heterocycles. The fourth-order valence-corrected chi connectivity index (χ4v) is 2.89. The Morgan fingerprint density at radius 1 is 1.28 bits per heavy atom. The van der Waals surface area contributed by atoms with Crippen LogP contribution in [0.5, 0.6) is 0 Å². The molecule has 1 rings (SSSR count). The highest BCUT2D eigenvalue weighted by Gasteiger charge is 2.24. The Balaban J connectivity index is 2.79. The van der Waals surface area contributed by atoms with Gasteiger partial charge in [0, 0.05) is 13.6 Å². The molecule has 0 fully saturated rings. The van der Waals surface area contributed by atoms with Gasteiger partial charge in [0.2, 0.25) is 10.0 Å². The van der Waals surface area contributed by atoms with Crippen molar-refractivity contribution in [3.63, 3.8) is 0 Å². The maximum absolute atomic E-state index is 12.7. The van der Waals surface area contributed by atoms with Crippen molar-refractivity contribution >= 4 is 10.0 Å². The zero-order chi connectivity index (χ0) is 14.0. The second kappa shape index (κ2) is 5.34. The number of benzene rings is 1. The molecular formula is C12H18FNO3S. The maximum atomic E-state index is 12.7. The smallest absolute Gasteiger partial charge is 0.218 e. The van der Waals surface area contributed by atoms with E-state index in [1.165, 1.54) is 45.2 Å². The lowest BCUT2D eigenvalue weighted by atomic mass is 10.1. The third-order valence-electron chi connectivity index (χ3n) is 2.35. The van der Waals surface area contributed by atoms with Crippen molar-refractivity contribution in [2.75, 3.05) is 13.6 Å². The summed E-state index contributed by atoms with van der Waals surface area (Å²) in [7, 11) is -2.09. The molecule has 1 aromatic carbocycles. The Morgan fingerprint density at radius 2 is 1.78 bits per heavy atom. The molecule has 102 valence electrons. The molecule has 0 aromatic heterocycles. The Bertz CT molecular complexity index is 491. The van der Waals surface area contributed by atoms with Crippen LogP contribution in [0.4, 0.5) is 4.39 Å². The fourth-order valence-electron chi connectivity index (χ4n) is 1.54. The number of hydrogen-bond donors (Lipinski definition) is 1. The van der Waals surface area contributed by atoms with Gasteiger partial charge in [0.25, 0.3) is 0 Å². The molecule has 1 N–H and O–H groups in total. The highest BCUT2D eigenvalue weighted by molar-refractivity contribution is 7.88. The van der Waals surface area contributed by atoms with Crippen LogP contribution in [0.3, 0.4) is 0 Å². The molecule has 0 bridgehead atoms. The zero-order valence-electron chi connectivity index (χ0n) is 10.7. The summed E-state index contributed by atoms with van der Waals surface area (Å²) in [6.45, 7) is 3.09. The largest absolute Gasteiger partial charge is 0.389 e. The summed E-state index contributed by atoms with van der Waals surface area (Å²) >= 11 is 0. The third kappa shape index (κ3) is 4.72. The van der Waals surface area contributed by atoms with E-state index in [1.54, 1.807) is 0 Å². The predicted octanol–water partition coefficient (Wildman–Crippen LogP) is 1.36. The first-order valence-corrected chi connectivity index (χ1v) is 7.12. The Kier molecular flexibility index (Phi) is 4.47. The van der Waals surface area contributed by atoms with Crippen LogP contribution >= 0.6 is 0 Å². The van der Waals surface area contributed by atoms with Gasteiger partial charge >= 0.3 is 0 Å². The van der Waals surface area contributed by atoms with Crippen LogP contribution in [-0.4, -0.2) is 37.0 Å². The van der Waals surface area contributed by atoms with Crippen LogP contribution in [0, 0.1) is 5.82 Å². The lowest BCUT2D eigenvalue weighted by molar-refractivity contribution is 0.0639. The van der Waals surface area contributed by atoms with E-state index in [1.807, 2.05) is 0 Å². The van der Waals surface area contributed by atoms with E-state index in [0.29, 0.717) is 5.56 Å². The number of sulfonamides is 1. The Morgan fingerprint density at radius 3 is 2.22 bits per heavy atom. The Hall–Kier alpha value is -0.980. The van der Waals surface area contributed by atoms with Crippen molar-refractivity contribution in [1.29, 1.82) is 0 Å². The van der Waals surface area contributed by atoms with Gasteiger partial charge < -0.3 is 5.11 Å². The topological polar surface area (TPSA) is 57.6 Å². The van der Waals surface area contributed by atoms with Crippen molar-refractivity contribution in [3.8, 4) is 0 Å². The number of aliphatic hydroxyl groups is 1. The van der Waals surface area contributed by atoms with Crippen molar-refractivity contribution in [2.24, 2.45) is 0 Å². The van der Waals surface area contributed by atoms with Crippen molar-refractivity contribution < 1.29 is 17.9 Å². The first kappa shape index (κ1) is 15.1. The van der Waals surface area contributed by atoms with Gasteiger partial charge in [-0.3, -0.25) is 0 Å². The minimum atomic E-state index is -3.51. The van der Waals surface area contributed by atoms with Gasteiger partial charge in [-0.15, -0.1) is 0 Å². The highest BCUT2D eigenvalue weighted by Crippen LogP contribution is 2.13. The van der Waals surface area contributed by atoms with Gasteiger partial charge in [-0.1, -0.05) is 12.1 Å². The predicted molar refractivity (Wildman–Crippen MR) is 68.0 cm³/mol. The van der Waals surface area contributed by atoms with Gasteiger partial charge in [-0.2, -0.15) is 0 Å². The third-order valence-corrected chi connectivity index (χ3v) is 4.12. The SMILES string of the molecule is CN(CC(C)(C)O)S(=O)(=O)Cc1ccc(F)cc1. The van der Waals surface area contributed by atoms with E-state index in [-0.39, 0.29) is 12.3 Å². The zero-order valence-corrected chi connectivity index (χ0v) is 11.5. The summed E-state index contributed by atoms with van der Waals surface area (Å²) in [6, 6.07) is 5.32. The summed E-state index contributed by atoms with van der Waals surface area (Å²) in [5.41, 5.74) is -0.580. The number of halogens is 1. The average Bonchev–Trinajstić information content (AvgIpc) is 2.18. The van der Waals surface area contributed by atoms with E-state index in [0.717, 1.165) is 4.31 Å². The van der Waals surface area contributed by atoms with E-state index in [4.69, 9.17) is 0 Å². The van der Waals surface area contributed by atoms with E-state index >= 15 is 0 Å². The lowest BCUT2D eigenvalue weighted by Gasteiger charge is -2.25. The highest BCUT2D eigenvalue weighted by atomic mass is 32.2. The summed E-state index contributed by atoms with van der Waals surface area (Å²) < 4.78 is 37.8. The number of likely N-dealkylation sites (N-methyl/N-ethyl adjacent to an activating group) is 1. The lowest BCUT2D eigenvalue weighted by Crippen LogP contribution is -2.40. The summed E-state index contributed by atoms with van der Waals surface area (Å²) in [5.74, 6) is -0.610. The van der Waals surface area contributed by atoms with Crippen LogP contribution in [-0.2, 0) is 15.8 Å². The Labute approximate surface area is 107 Å². The monoisotopic (exact) mass is 275 g/mol. The molecule has 0 spiro atoms. The van der Waals surface area contributed by atoms with Crippen LogP contribution in [0.2, 0.25) is 0 Å². The second-order valence-corrected chi connectivity index (χ2v) is 7.03. The maximum Gasteiger partial charge on any atom is 0.218 e. The van der Waals surface area contributed by atoms with Gasteiger partial charge in [0.05, 0.1) is 11.4 Å². The molecule has 0 unspecified atom stereocenters. The molecule has 0 atom stereocenters. The second-order valence-electron chi connectivity index (χ2n) is 4.95. The van der Waals surface area contributed by atoms with Crippen molar-refractivity contribution in [3.05, 3.63) is 35.6 Å². The van der Waals surface area contributed by atoms with E-state index in [9.17, 15) is 17.9 Å². The molecule has 4 nitrogen and oxygen atoms in total. The first-order chi connectivity index (χ1) is 8.10. The van der Waals surface area contributed by atoms with Crippen LogP contribution in [0.15, 0.2) is 24.3 Å². The van der Waals surface area contributed by atoms with Crippen LogP contribution < -0.4 is 0 Å². The molecule has 0 aliphatic rings. The standard InChI is InChI=1S/C12H18FNO3S/c1-12(2,15)9-14(3)18(16,17)8-10-4-6-11(13)7-5-10/h4-7,15H,8-9H2,1-3H3. The van der Waals surface area contributed by atoms with Gasteiger partial charge in [-0.05, 0) is 31.5 Å². The number of hydrogen-bond acceptors (Lipinski definition) is 3. The molecule has 1 aromatic rings. The number of nitrogens with zero attached hydrogens (tertiary/aromatic N) is 1. The molecule has 0 heterocycles. The molecule has 0 aliphatic carbocycles. The molecule has 0 radical (unpaired) electrons. The van der Waals surface area contributed by atoms with Gasteiger partial charge in [-0.25, -0.2) is 17.1 Å². The molecule has 0 saturated carbocycles. The average molecular weight is 275 g/mol. The van der Waals surface area contributed by atoms with Gasteiger partial charge in [0.15, 0.2) is 0 Å². The minimum absolute atomic E-state index is 0.0104. The van der Waals surface area contributed by atoms with E-state index in [2.05, 4.69) is 0 Å². The van der Waals surface area contributed by atoms with Crippen LogP contribution in [0.1, 0.15) is 19.4 Å². The van der Waals surface area contributed by atoms with Crippen molar-refractivity contribution in [1.82, 2.24) is 4.31 Å². The summed E-state index contributed by atoms with van der Waals surface area (Å²) in [5, 5.41) is 9.60. The first-order valence-electron chi connectivity index (χ1n) is 5.51. The molecule has 0 aliphatic heterocycles. The normalized spacial score (nSPS) is 13.0. The molecule has 6 heteroatoms. The molecular weight excluding hydrogens is 257 g/mol.